The highest BCUT2D eigenvalue weighted by Crippen LogP contribution is 2.20. The zero-order valence-corrected chi connectivity index (χ0v) is 11.1. The third-order valence-electron chi connectivity index (χ3n) is 2.27. The minimum atomic E-state index is -0.143. The lowest BCUT2D eigenvalue weighted by atomic mass is 10.1. The van der Waals surface area contributed by atoms with Gasteiger partial charge in [0.15, 0.2) is 0 Å². The van der Waals surface area contributed by atoms with Gasteiger partial charge in [-0.15, -0.1) is 22.0 Å². The van der Waals surface area contributed by atoms with Crippen LogP contribution >= 0.6 is 23.1 Å². The van der Waals surface area contributed by atoms with Crippen molar-refractivity contribution in [3.05, 3.63) is 34.8 Å². The molecule has 1 aromatic carbocycles. The molecule has 1 amide bonds. The van der Waals surface area contributed by atoms with Crippen molar-refractivity contribution in [2.75, 3.05) is 11.6 Å². The fraction of sp³-hybridized carbons (Fsp3) is 0.182. The Hall–Kier alpha value is -1.40. The molecule has 0 aliphatic rings. The molecule has 1 aromatic heterocycles. The fourth-order valence-electron chi connectivity index (χ4n) is 1.36. The summed E-state index contributed by atoms with van der Waals surface area (Å²) in [6.45, 7) is 1.92. The monoisotopic (exact) mass is 265 g/mol. The highest BCUT2D eigenvalue weighted by molar-refractivity contribution is 7.98. The predicted octanol–water partition coefficient (Wildman–Crippen LogP) is 2.82. The normalized spacial score (nSPS) is 10.2. The second kappa shape index (κ2) is 5.29. The summed E-state index contributed by atoms with van der Waals surface area (Å²) in [5.74, 6) is -0.143. The van der Waals surface area contributed by atoms with Crippen LogP contribution in [0.5, 0.6) is 0 Å². The smallest absolute Gasteiger partial charge is 0.257 e. The number of nitrogens with zero attached hydrogens (tertiary/aromatic N) is 2. The van der Waals surface area contributed by atoms with Crippen LogP contribution in [0.15, 0.2) is 28.6 Å². The Kier molecular flexibility index (Phi) is 3.75. The molecule has 0 saturated carbocycles. The van der Waals surface area contributed by atoms with E-state index in [0.29, 0.717) is 10.7 Å². The second-order valence-electron chi connectivity index (χ2n) is 3.38. The van der Waals surface area contributed by atoms with E-state index in [1.54, 1.807) is 17.3 Å². The van der Waals surface area contributed by atoms with Crippen LogP contribution in [0.2, 0.25) is 0 Å². The number of amides is 1. The van der Waals surface area contributed by atoms with E-state index in [0.717, 1.165) is 10.5 Å². The van der Waals surface area contributed by atoms with Crippen LogP contribution in [0, 0.1) is 6.92 Å². The molecule has 0 saturated heterocycles. The minimum absolute atomic E-state index is 0.143. The number of aromatic nitrogens is 2. The first-order valence-electron chi connectivity index (χ1n) is 4.93. The average molecular weight is 265 g/mol. The van der Waals surface area contributed by atoms with Crippen LogP contribution in [0.1, 0.15) is 15.9 Å². The topological polar surface area (TPSA) is 54.9 Å². The Bertz CT molecular complexity index is 526. The molecule has 0 bridgehead atoms. The lowest BCUT2D eigenvalue weighted by molar-refractivity contribution is 0.102. The number of benzene rings is 1. The number of carbonyl (C=O) groups excluding carboxylic acids is 1. The number of hydrogen-bond acceptors (Lipinski definition) is 5. The van der Waals surface area contributed by atoms with Gasteiger partial charge in [-0.1, -0.05) is 17.4 Å². The molecule has 1 heterocycles. The Balaban J connectivity index is 2.24. The van der Waals surface area contributed by atoms with E-state index in [2.05, 4.69) is 15.5 Å². The number of aryl methyl sites for hydroxylation is 1. The molecule has 2 aromatic rings. The molecule has 4 nitrogen and oxygen atoms in total. The Morgan fingerprint density at radius 2 is 2.29 bits per heavy atom. The maximum atomic E-state index is 12.0. The summed E-state index contributed by atoms with van der Waals surface area (Å²) in [6, 6.07) is 5.83. The number of nitrogens with one attached hydrogen (secondary N) is 1. The quantitative estimate of drug-likeness (QED) is 0.867. The predicted molar refractivity (Wildman–Crippen MR) is 70.8 cm³/mol. The van der Waals surface area contributed by atoms with Crippen LogP contribution in [-0.2, 0) is 0 Å². The fourth-order valence-corrected chi connectivity index (χ4v) is 2.24. The van der Waals surface area contributed by atoms with Gasteiger partial charge in [0.2, 0.25) is 5.13 Å². The maximum Gasteiger partial charge on any atom is 0.257 e. The Morgan fingerprint density at radius 1 is 1.47 bits per heavy atom. The van der Waals surface area contributed by atoms with Gasteiger partial charge in [0, 0.05) is 10.5 Å². The molecular weight excluding hydrogens is 254 g/mol. The summed E-state index contributed by atoms with van der Waals surface area (Å²) in [5, 5.41) is 10.7. The molecule has 0 aliphatic heterocycles. The summed E-state index contributed by atoms with van der Waals surface area (Å²) in [7, 11) is 0. The first-order valence-corrected chi connectivity index (χ1v) is 7.03. The van der Waals surface area contributed by atoms with Crippen molar-refractivity contribution in [3.63, 3.8) is 0 Å². The van der Waals surface area contributed by atoms with Crippen LogP contribution in [0.4, 0.5) is 5.13 Å². The van der Waals surface area contributed by atoms with Crippen LogP contribution < -0.4 is 5.32 Å². The minimum Gasteiger partial charge on any atom is -0.296 e. The molecule has 2 rings (SSSR count). The van der Waals surface area contributed by atoms with Crippen molar-refractivity contribution in [3.8, 4) is 0 Å². The number of hydrogen-bond donors (Lipinski definition) is 1. The summed E-state index contributed by atoms with van der Waals surface area (Å²) < 4.78 is 0. The first kappa shape index (κ1) is 12.1. The van der Waals surface area contributed by atoms with E-state index in [9.17, 15) is 4.79 Å². The molecule has 1 N–H and O–H groups in total. The summed E-state index contributed by atoms with van der Waals surface area (Å²) in [6.07, 6.45) is 1.98. The highest BCUT2D eigenvalue weighted by Gasteiger charge is 2.11. The molecule has 0 spiro atoms. The van der Waals surface area contributed by atoms with E-state index in [4.69, 9.17) is 0 Å². The number of thioether (sulfide) groups is 1. The van der Waals surface area contributed by atoms with Crippen molar-refractivity contribution in [1.82, 2.24) is 10.2 Å². The number of carbonyl (C=O) groups is 1. The first-order chi connectivity index (χ1) is 8.20. The van der Waals surface area contributed by atoms with Gasteiger partial charge in [-0.2, -0.15) is 0 Å². The van der Waals surface area contributed by atoms with Gasteiger partial charge in [-0.3, -0.25) is 10.1 Å². The standard InChI is InChI=1S/C11H11N3OS2/c1-7-3-4-8(16-2)5-9(7)10(15)13-11-14-12-6-17-11/h3-6H,1-2H3,(H,13,14,15). The molecule has 88 valence electrons. The summed E-state index contributed by atoms with van der Waals surface area (Å²) in [4.78, 5) is 13.1. The third-order valence-corrected chi connectivity index (χ3v) is 3.60. The molecular formula is C11H11N3OS2. The van der Waals surface area contributed by atoms with E-state index in [1.165, 1.54) is 11.3 Å². The van der Waals surface area contributed by atoms with E-state index >= 15 is 0 Å². The lowest BCUT2D eigenvalue weighted by Crippen LogP contribution is -2.13. The molecule has 0 radical (unpaired) electrons. The van der Waals surface area contributed by atoms with Crippen molar-refractivity contribution in [2.45, 2.75) is 11.8 Å². The van der Waals surface area contributed by atoms with Gasteiger partial charge < -0.3 is 0 Å². The van der Waals surface area contributed by atoms with Crippen molar-refractivity contribution >= 4 is 34.1 Å². The number of rotatable bonds is 3. The largest absolute Gasteiger partial charge is 0.296 e. The average Bonchev–Trinajstić information content (AvgIpc) is 2.82. The second-order valence-corrected chi connectivity index (χ2v) is 5.09. The van der Waals surface area contributed by atoms with Crippen molar-refractivity contribution in [1.29, 1.82) is 0 Å². The molecule has 0 aliphatic carbocycles. The third kappa shape index (κ3) is 2.83. The van der Waals surface area contributed by atoms with Gasteiger partial charge in [-0.05, 0) is 30.9 Å². The van der Waals surface area contributed by atoms with E-state index in [1.807, 2.05) is 31.4 Å². The molecule has 17 heavy (non-hydrogen) atoms. The van der Waals surface area contributed by atoms with Crippen molar-refractivity contribution < 1.29 is 4.79 Å². The zero-order valence-electron chi connectivity index (χ0n) is 9.43. The highest BCUT2D eigenvalue weighted by atomic mass is 32.2. The molecule has 0 unspecified atom stereocenters. The van der Waals surface area contributed by atoms with Gasteiger partial charge in [0.25, 0.3) is 5.91 Å². The van der Waals surface area contributed by atoms with Crippen LogP contribution in [0.3, 0.4) is 0 Å². The molecule has 0 atom stereocenters. The lowest BCUT2D eigenvalue weighted by Gasteiger charge is -2.06. The molecule has 0 fully saturated rings. The zero-order chi connectivity index (χ0) is 12.3. The number of anilines is 1. The molecule has 6 heteroatoms. The summed E-state index contributed by atoms with van der Waals surface area (Å²) in [5.41, 5.74) is 3.21. The SMILES string of the molecule is CSc1ccc(C)c(C(=O)Nc2nncs2)c1. The van der Waals surface area contributed by atoms with Gasteiger partial charge >= 0.3 is 0 Å². The van der Waals surface area contributed by atoms with Crippen molar-refractivity contribution in [2.24, 2.45) is 0 Å². The van der Waals surface area contributed by atoms with Gasteiger partial charge in [-0.25, -0.2) is 0 Å². The summed E-state index contributed by atoms with van der Waals surface area (Å²) >= 11 is 2.91. The van der Waals surface area contributed by atoms with E-state index in [-0.39, 0.29) is 5.91 Å². The Morgan fingerprint density at radius 3 is 2.94 bits per heavy atom. The van der Waals surface area contributed by atoms with Gasteiger partial charge in [0.05, 0.1) is 0 Å². The van der Waals surface area contributed by atoms with Crippen LogP contribution in [-0.4, -0.2) is 22.4 Å². The maximum absolute atomic E-state index is 12.0. The van der Waals surface area contributed by atoms with Crippen LogP contribution in [0.25, 0.3) is 0 Å². The van der Waals surface area contributed by atoms with Gasteiger partial charge in [0.1, 0.15) is 5.51 Å². The Labute approximate surface area is 107 Å². The van der Waals surface area contributed by atoms with E-state index < -0.39 is 0 Å².